The molecule has 3 aromatic heterocycles. The summed E-state index contributed by atoms with van der Waals surface area (Å²) in [4.78, 5) is 1.20. The monoisotopic (exact) mass is 235 g/mol. The molecule has 3 nitrogen and oxygen atoms in total. The van der Waals surface area contributed by atoms with Gasteiger partial charge in [-0.15, -0.1) is 32.9 Å². The minimum atomic E-state index is 0.911. The summed E-state index contributed by atoms with van der Waals surface area (Å²) in [5.41, 5.74) is 0. The molecule has 0 aliphatic rings. The number of aryl methyl sites for hydroxylation is 1. The summed E-state index contributed by atoms with van der Waals surface area (Å²) in [5.74, 6) is 0.978. The maximum Gasteiger partial charge on any atom is 0.173 e. The predicted octanol–water partition coefficient (Wildman–Crippen LogP) is 3.24. The zero-order valence-electron chi connectivity index (χ0n) is 8.17. The van der Waals surface area contributed by atoms with Crippen molar-refractivity contribution in [1.29, 1.82) is 0 Å². The average molecular weight is 235 g/mol. The Bertz CT molecular complexity index is 562. The van der Waals surface area contributed by atoms with E-state index in [1.165, 1.54) is 14.3 Å². The van der Waals surface area contributed by atoms with Crippen LogP contribution in [0.2, 0.25) is 0 Å². The van der Waals surface area contributed by atoms with Crippen LogP contribution in [0.15, 0.2) is 23.8 Å². The van der Waals surface area contributed by atoms with Gasteiger partial charge in [0, 0.05) is 15.9 Å². The number of thiophene rings is 2. The smallest absolute Gasteiger partial charge is 0.173 e. The average Bonchev–Trinajstić information content (AvgIpc) is 2.91. The summed E-state index contributed by atoms with van der Waals surface area (Å²) in [7, 11) is 0. The molecule has 76 valence electrons. The summed E-state index contributed by atoms with van der Waals surface area (Å²) >= 11 is 3.55. The fraction of sp³-hybridized carbons (Fsp3) is 0.200. The molecule has 0 atom stereocenters. The molecule has 0 spiro atoms. The lowest BCUT2D eigenvalue weighted by Crippen LogP contribution is -1.93. The van der Waals surface area contributed by atoms with Crippen LogP contribution in [0.25, 0.3) is 20.1 Å². The van der Waals surface area contributed by atoms with Crippen LogP contribution < -0.4 is 0 Å². The van der Waals surface area contributed by atoms with Crippen molar-refractivity contribution in [3.8, 4) is 10.7 Å². The first-order valence-corrected chi connectivity index (χ1v) is 6.43. The molecule has 0 saturated heterocycles. The van der Waals surface area contributed by atoms with Crippen LogP contribution in [0, 0.1) is 0 Å². The molecular weight excluding hydrogens is 226 g/mol. The van der Waals surface area contributed by atoms with E-state index in [9.17, 15) is 0 Å². The van der Waals surface area contributed by atoms with Crippen LogP contribution in [-0.4, -0.2) is 14.8 Å². The van der Waals surface area contributed by atoms with E-state index < -0.39 is 0 Å². The van der Waals surface area contributed by atoms with Gasteiger partial charge in [-0.05, 0) is 24.4 Å². The fourth-order valence-electron chi connectivity index (χ4n) is 1.55. The SMILES string of the molecule is CCn1cnnc1-c1cc2sccc2s1. The van der Waals surface area contributed by atoms with Gasteiger partial charge in [0.05, 0.1) is 4.88 Å². The van der Waals surface area contributed by atoms with Crippen molar-refractivity contribution in [1.82, 2.24) is 14.8 Å². The third kappa shape index (κ3) is 1.39. The molecule has 5 heteroatoms. The molecule has 0 radical (unpaired) electrons. The normalized spacial score (nSPS) is 11.3. The van der Waals surface area contributed by atoms with Gasteiger partial charge in [-0.2, -0.15) is 0 Å². The first-order chi connectivity index (χ1) is 7.38. The maximum absolute atomic E-state index is 4.16. The highest BCUT2D eigenvalue weighted by Crippen LogP contribution is 2.35. The number of aromatic nitrogens is 3. The molecule has 0 fully saturated rings. The Labute approximate surface area is 95.0 Å². The molecule has 15 heavy (non-hydrogen) atoms. The zero-order chi connectivity index (χ0) is 10.3. The first-order valence-electron chi connectivity index (χ1n) is 4.73. The maximum atomic E-state index is 4.16. The van der Waals surface area contributed by atoms with E-state index >= 15 is 0 Å². The van der Waals surface area contributed by atoms with Gasteiger partial charge in [0.1, 0.15) is 6.33 Å². The van der Waals surface area contributed by atoms with Crippen molar-refractivity contribution in [3.05, 3.63) is 23.8 Å². The largest absolute Gasteiger partial charge is 0.313 e. The molecule has 0 unspecified atom stereocenters. The van der Waals surface area contributed by atoms with Gasteiger partial charge >= 0.3 is 0 Å². The van der Waals surface area contributed by atoms with Gasteiger partial charge in [-0.1, -0.05) is 0 Å². The summed E-state index contributed by atoms with van der Waals surface area (Å²) in [6.07, 6.45) is 1.78. The van der Waals surface area contributed by atoms with E-state index in [4.69, 9.17) is 0 Å². The molecule has 3 rings (SSSR count). The summed E-state index contributed by atoms with van der Waals surface area (Å²) in [5, 5.41) is 10.2. The minimum Gasteiger partial charge on any atom is -0.313 e. The third-order valence-corrected chi connectivity index (χ3v) is 4.41. The Balaban J connectivity index is 2.17. The van der Waals surface area contributed by atoms with Crippen molar-refractivity contribution in [2.24, 2.45) is 0 Å². The van der Waals surface area contributed by atoms with Gasteiger partial charge < -0.3 is 4.57 Å². The molecule has 3 aromatic rings. The Kier molecular flexibility index (Phi) is 2.07. The van der Waals surface area contributed by atoms with E-state index in [0.29, 0.717) is 0 Å². The van der Waals surface area contributed by atoms with Crippen molar-refractivity contribution < 1.29 is 0 Å². The Morgan fingerprint density at radius 2 is 2.33 bits per heavy atom. The van der Waals surface area contributed by atoms with Crippen LogP contribution in [0.1, 0.15) is 6.92 Å². The number of fused-ring (bicyclic) bond motifs is 1. The predicted molar refractivity (Wildman–Crippen MR) is 64.4 cm³/mol. The van der Waals surface area contributed by atoms with E-state index in [0.717, 1.165) is 12.4 Å². The van der Waals surface area contributed by atoms with Gasteiger partial charge in [0.15, 0.2) is 5.82 Å². The standard InChI is InChI=1S/C10H9N3S2/c1-2-13-6-11-12-10(13)9-5-8-7(15-9)3-4-14-8/h3-6H,2H2,1H3. The zero-order valence-corrected chi connectivity index (χ0v) is 9.81. The fourth-order valence-corrected chi connectivity index (χ4v) is 3.66. The Morgan fingerprint density at radius 3 is 3.13 bits per heavy atom. The molecule has 0 bridgehead atoms. The second kappa shape index (κ2) is 3.43. The van der Waals surface area contributed by atoms with Gasteiger partial charge in [-0.25, -0.2) is 0 Å². The highest BCUT2D eigenvalue weighted by molar-refractivity contribution is 7.28. The van der Waals surface area contributed by atoms with Gasteiger partial charge in [-0.3, -0.25) is 0 Å². The third-order valence-electron chi connectivity index (χ3n) is 2.32. The molecule has 0 N–H and O–H groups in total. The molecular formula is C10H9N3S2. The number of rotatable bonds is 2. The number of hydrogen-bond acceptors (Lipinski definition) is 4. The summed E-state index contributed by atoms with van der Waals surface area (Å²) < 4.78 is 4.73. The molecule has 0 amide bonds. The second-order valence-electron chi connectivity index (χ2n) is 3.20. The van der Waals surface area contributed by atoms with E-state index in [2.05, 4.69) is 39.2 Å². The topological polar surface area (TPSA) is 30.7 Å². The highest BCUT2D eigenvalue weighted by Gasteiger charge is 2.10. The molecule has 0 aliphatic carbocycles. The quantitative estimate of drug-likeness (QED) is 0.682. The lowest BCUT2D eigenvalue weighted by molar-refractivity contribution is 0.768. The van der Waals surface area contributed by atoms with Crippen LogP contribution in [-0.2, 0) is 6.54 Å². The van der Waals surface area contributed by atoms with Crippen molar-refractivity contribution >= 4 is 32.1 Å². The molecule has 0 aromatic carbocycles. The van der Waals surface area contributed by atoms with E-state index in [-0.39, 0.29) is 0 Å². The van der Waals surface area contributed by atoms with Gasteiger partial charge in [0.2, 0.25) is 0 Å². The lowest BCUT2D eigenvalue weighted by Gasteiger charge is -1.98. The number of hydrogen-bond donors (Lipinski definition) is 0. The van der Waals surface area contributed by atoms with Crippen molar-refractivity contribution in [2.45, 2.75) is 13.5 Å². The molecule has 3 heterocycles. The van der Waals surface area contributed by atoms with Crippen LogP contribution >= 0.6 is 22.7 Å². The Morgan fingerprint density at radius 1 is 1.40 bits per heavy atom. The summed E-state index contributed by atoms with van der Waals surface area (Å²) in [6, 6.07) is 4.35. The first kappa shape index (κ1) is 9.06. The minimum absolute atomic E-state index is 0.911. The van der Waals surface area contributed by atoms with E-state index in [1.54, 1.807) is 29.0 Å². The summed E-state index contributed by atoms with van der Waals surface area (Å²) in [6.45, 7) is 3.01. The lowest BCUT2D eigenvalue weighted by atomic mass is 10.4. The Hall–Kier alpha value is -1.20. The van der Waals surface area contributed by atoms with Crippen LogP contribution in [0.3, 0.4) is 0 Å². The van der Waals surface area contributed by atoms with Crippen LogP contribution in [0.4, 0.5) is 0 Å². The van der Waals surface area contributed by atoms with Crippen molar-refractivity contribution in [3.63, 3.8) is 0 Å². The van der Waals surface area contributed by atoms with Crippen LogP contribution in [0.5, 0.6) is 0 Å². The molecule has 0 aliphatic heterocycles. The van der Waals surface area contributed by atoms with Crippen molar-refractivity contribution in [2.75, 3.05) is 0 Å². The number of nitrogens with zero attached hydrogens (tertiary/aromatic N) is 3. The highest BCUT2D eigenvalue weighted by atomic mass is 32.1. The van der Waals surface area contributed by atoms with Gasteiger partial charge in [0.25, 0.3) is 0 Å². The molecule has 0 saturated carbocycles. The van der Waals surface area contributed by atoms with E-state index in [1.807, 2.05) is 0 Å². The second-order valence-corrected chi connectivity index (χ2v) is 5.23.